The number of carbonyl (C=O) groups is 3. The van der Waals surface area contributed by atoms with Crippen molar-refractivity contribution in [2.24, 2.45) is 11.8 Å². The lowest BCUT2D eigenvalue weighted by Gasteiger charge is -2.39. The van der Waals surface area contributed by atoms with Crippen LogP contribution in [0.25, 0.3) is 16.5 Å². The molecular weight excluding hydrogens is 476 g/mol. The van der Waals surface area contributed by atoms with Gasteiger partial charge in [0.05, 0.1) is 33.4 Å². The molecule has 0 amide bonds. The molecule has 0 radical (unpaired) electrons. The third-order valence-corrected chi connectivity index (χ3v) is 8.25. The predicted octanol–water partition coefficient (Wildman–Crippen LogP) is 4.41. The van der Waals surface area contributed by atoms with E-state index in [1.165, 1.54) is 6.07 Å². The summed E-state index contributed by atoms with van der Waals surface area (Å²) in [4.78, 5) is 55.9. The molecule has 2 aromatic rings. The number of hydrogen-bond acceptors (Lipinski definition) is 8. The van der Waals surface area contributed by atoms with Crippen molar-refractivity contribution >= 4 is 39.9 Å². The Bertz CT molecular complexity index is 1450. The highest BCUT2D eigenvalue weighted by molar-refractivity contribution is 6.12. The Morgan fingerprint density at radius 1 is 1.24 bits per heavy atom. The Morgan fingerprint density at radius 3 is 2.76 bits per heavy atom. The molecule has 4 aliphatic rings. The largest absolute Gasteiger partial charge is 0.457 e. The number of pyridine rings is 1. The van der Waals surface area contributed by atoms with Crippen LogP contribution in [0.1, 0.15) is 56.7 Å². The standard InChI is InChI=1S/C28H26N2O7/c1-2-28(37-26(32)15-7-4-3-5-8-15)21-13-17-18(25(31)20(21)14-36-27(28)33)11-16-12-19-22(29-24(16)17)9-6-10-23(19)30(34)35/h6,9-10,12-13,15,18H,2-5,7-8,11,14H2,1H3/t18?,28-/m0/s1. The van der Waals surface area contributed by atoms with Crippen LogP contribution in [0.3, 0.4) is 0 Å². The number of nitrogens with zero attached hydrogens (tertiary/aromatic N) is 2. The van der Waals surface area contributed by atoms with E-state index in [-0.39, 0.29) is 30.4 Å². The van der Waals surface area contributed by atoms with E-state index in [1.54, 1.807) is 31.2 Å². The highest BCUT2D eigenvalue weighted by atomic mass is 16.6. The molecule has 0 bridgehead atoms. The first-order valence-corrected chi connectivity index (χ1v) is 12.8. The average molecular weight is 503 g/mol. The van der Waals surface area contributed by atoms with E-state index in [0.717, 1.165) is 37.7 Å². The van der Waals surface area contributed by atoms with Gasteiger partial charge in [-0.05, 0) is 55.0 Å². The summed E-state index contributed by atoms with van der Waals surface area (Å²) in [5.74, 6) is -2.09. The number of benzene rings is 1. The Hall–Kier alpha value is -3.88. The van der Waals surface area contributed by atoms with Gasteiger partial charge in [-0.15, -0.1) is 0 Å². The minimum absolute atomic E-state index is 0.0426. The number of aromatic nitrogens is 1. The second-order valence-corrected chi connectivity index (χ2v) is 10.2. The van der Waals surface area contributed by atoms with Crippen molar-refractivity contribution in [2.45, 2.75) is 57.5 Å². The van der Waals surface area contributed by atoms with E-state index in [2.05, 4.69) is 0 Å². The Kier molecular flexibility index (Phi) is 5.47. The number of Topliss-reactive ketones (excluding diaryl/α,β-unsaturated/α-hetero) is 1. The maximum absolute atomic E-state index is 13.7. The van der Waals surface area contributed by atoms with Crippen LogP contribution in [-0.4, -0.2) is 39.8 Å². The van der Waals surface area contributed by atoms with E-state index < -0.39 is 28.4 Å². The number of fused-ring (bicyclic) bond motifs is 4. The maximum atomic E-state index is 13.7. The second kappa shape index (κ2) is 8.61. The average Bonchev–Trinajstić information content (AvgIpc) is 3.27. The topological polar surface area (TPSA) is 126 Å². The van der Waals surface area contributed by atoms with Gasteiger partial charge >= 0.3 is 11.9 Å². The monoisotopic (exact) mass is 502 g/mol. The molecule has 1 aromatic heterocycles. The fourth-order valence-electron chi connectivity index (χ4n) is 6.24. The van der Waals surface area contributed by atoms with Crippen molar-refractivity contribution in [1.29, 1.82) is 0 Å². The van der Waals surface area contributed by atoms with Crippen molar-refractivity contribution in [3.8, 4) is 0 Å². The number of nitro groups is 1. The zero-order valence-electron chi connectivity index (χ0n) is 20.5. The number of ether oxygens (including phenoxy) is 2. The molecule has 9 nitrogen and oxygen atoms in total. The lowest BCUT2D eigenvalue weighted by Crippen LogP contribution is -2.51. The van der Waals surface area contributed by atoms with Crippen LogP contribution in [0.5, 0.6) is 0 Å². The Labute approximate surface area is 212 Å². The second-order valence-electron chi connectivity index (χ2n) is 10.2. The quantitative estimate of drug-likeness (QED) is 0.342. The molecule has 190 valence electrons. The Morgan fingerprint density at radius 2 is 2.03 bits per heavy atom. The number of carbonyl (C=O) groups excluding carboxylic acids is 3. The van der Waals surface area contributed by atoms with E-state index in [9.17, 15) is 24.5 Å². The third-order valence-electron chi connectivity index (χ3n) is 8.25. The fraction of sp³-hybridized carbons (Fsp3) is 0.429. The van der Waals surface area contributed by atoms with Gasteiger partial charge in [0, 0.05) is 17.2 Å². The van der Waals surface area contributed by atoms with Crippen LogP contribution in [0.15, 0.2) is 41.5 Å². The number of esters is 2. The van der Waals surface area contributed by atoms with Gasteiger partial charge in [0.15, 0.2) is 5.78 Å². The smallest absolute Gasteiger partial charge is 0.355 e. The lowest BCUT2D eigenvalue weighted by molar-refractivity contribution is -0.383. The molecule has 3 aliphatic carbocycles. The summed E-state index contributed by atoms with van der Waals surface area (Å²) in [5.41, 5.74) is 1.41. The van der Waals surface area contributed by atoms with E-state index in [4.69, 9.17) is 14.5 Å². The minimum atomic E-state index is -1.69. The Balaban J connectivity index is 1.46. The number of nitro benzene ring substituents is 1. The van der Waals surface area contributed by atoms with Crippen LogP contribution < -0.4 is 0 Å². The summed E-state index contributed by atoms with van der Waals surface area (Å²) in [5, 5.41) is 12.0. The van der Waals surface area contributed by atoms with E-state index >= 15 is 0 Å². The first-order chi connectivity index (χ1) is 17.8. The third kappa shape index (κ3) is 3.51. The molecule has 1 aromatic carbocycles. The summed E-state index contributed by atoms with van der Waals surface area (Å²) in [6, 6.07) is 6.45. The lowest BCUT2D eigenvalue weighted by atomic mass is 9.75. The number of non-ortho nitro benzene ring substituents is 1. The van der Waals surface area contributed by atoms with Gasteiger partial charge in [0.1, 0.15) is 6.61 Å². The minimum Gasteiger partial charge on any atom is -0.457 e. The first-order valence-electron chi connectivity index (χ1n) is 12.8. The normalized spacial score (nSPS) is 25.2. The van der Waals surface area contributed by atoms with Gasteiger partial charge in [0.25, 0.3) is 5.69 Å². The summed E-state index contributed by atoms with van der Waals surface area (Å²) in [6.07, 6.45) is 6.66. The number of allylic oxidation sites excluding steroid dienone is 1. The van der Waals surface area contributed by atoms with Crippen molar-refractivity contribution in [3.63, 3.8) is 0 Å². The predicted molar refractivity (Wildman–Crippen MR) is 132 cm³/mol. The first kappa shape index (κ1) is 23.5. The van der Waals surface area contributed by atoms with Gasteiger partial charge in [-0.2, -0.15) is 0 Å². The van der Waals surface area contributed by atoms with Crippen molar-refractivity contribution in [3.05, 3.63) is 62.9 Å². The van der Waals surface area contributed by atoms with Crippen LogP contribution >= 0.6 is 0 Å². The molecular formula is C28H26N2O7. The van der Waals surface area contributed by atoms with Gasteiger partial charge in [0.2, 0.25) is 5.60 Å². The molecule has 1 fully saturated rings. The number of rotatable bonds is 4. The van der Waals surface area contributed by atoms with Gasteiger partial charge in [-0.3, -0.25) is 19.7 Å². The molecule has 0 spiro atoms. The molecule has 0 N–H and O–H groups in total. The highest BCUT2D eigenvalue weighted by Gasteiger charge is 2.54. The molecule has 0 saturated heterocycles. The molecule has 1 aliphatic heterocycles. The van der Waals surface area contributed by atoms with Crippen molar-refractivity contribution in [1.82, 2.24) is 4.98 Å². The molecule has 9 heteroatoms. The molecule has 1 unspecified atom stereocenters. The van der Waals surface area contributed by atoms with Crippen LogP contribution in [0.4, 0.5) is 5.69 Å². The molecule has 6 rings (SSSR count). The van der Waals surface area contributed by atoms with Crippen LogP contribution in [0.2, 0.25) is 0 Å². The summed E-state index contributed by atoms with van der Waals surface area (Å²) < 4.78 is 11.4. The fourth-order valence-corrected chi connectivity index (χ4v) is 6.24. The van der Waals surface area contributed by atoms with Crippen molar-refractivity contribution < 1.29 is 28.8 Å². The molecule has 2 heterocycles. The van der Waals surface area contributed by atoms with Crippen molar-refractivity contribution in [2.75, 3.05) is 6.61 Å². The molecule has 1 saturated carbocycles. The number of hydrogen-bond donors (Lipinski definition) is 0. The van der Waals surface area contributed by atoms with E-state index in [0.29, 0.717) is 39.7 Å². The summed E-state index contributed by atoms with van der Waals surface area (Å²) in [7, 11) is 0. The van der Waals surface area contributed by atoms with Crippen LogP contribution in [-0.2, 0) is 30.3 Å². The SMILES string of the molecule is CC[C@@]1(OC(=O)C2CCCCC2)C(=O)OCC2=C1C=C1c3nc4cccc([N+](=O)[O-])c4cc3CC1C2=O. The van der Waals surface area contributed by atoms with E-state index in [1.807, 2.05) is 0 Å². The summed E-state index contributed by atoms with van der Waals surface area (Å²) in [6.45, 7) is 1.57. The zero-order chi connectivity index (χ0) is 25.9. The van der Waals surface area contributed by atoms with Crippen LogP contribution in [0, 0.1) is 22.0 Å². The van der Waals surface area contributed by atoms with Gasteiger partial charge in [-0.25, -0.2) is 9.78 Å². The highest BCUT2D eigenvalue weighted by Crippen LogP contribution is 2.48. The maximum Gasteiger partial charge on any atom is 0.355 e. The number of ketones is 1. The molecule has 2 atom stereocenters. The summed E-state index contributed by atoms with van der Waals surface area (Å²) >= 11 is 0. The number of cyclic esters (lactones) is 1. The zero-order valence-corrected chi connectivity index (χ0v) is 20.5. The van der Waals surface area contributed by atoms with Gasteiger partial charge in [-0.1, -0.05) is 32.3 Å². The molecule has 37 heavy (non-hydrogen) atoms. The van der Waals surface area contributed by atoms with Gasteiger partial charge < -0.3 is 9.47 Å².